The van der Waals surface area contributed by atoms with Gasteiger partial charge in [0.2, 0.25) is 0 Å². The fourth-order valence-corrected chi connectivity index (χ4v) is 2.85. The van der Waals surface area contributed by atoms with E-state index in [-0.39, 0.29) is 6.04 Å². The summed E-state index contributed by atoms with van der Waals surface area (Å²) in [6, 6.07) is 13.5. The van der Waals surface area contributed by atoms with Crippen molar-refractivity contribution in [3.8, 4) is 0 Å². The van der Waals surface area contributed by atoms with Gasteiger partial charge in [0.1, 0.15) is 0 Å². The summed E-state index contributed by atoms with van der Waals surface area (Å²) in [4.78, 5) is 0. The lowest BCUT2D eigenvalue weighted by atomic mass is 9.93. The third kappa shape index (κ3) is 3.74. The van der Waals surface area contributed by atoms with Crippen LogP contribution in [0.25, 0.3) is 0 Å². The van der Waals surface area contributed by atoms with Crippen LogP contribution in [0.5, 0.6) is 0 Å². The Kier molecular flexibility index (Phi) is 5.19. The second-order valence-electron chi connectivity index (χ2n) is 5.96. The van der Waals surface area contributed by atoms with E-state index in [0.717, 1.165) is 19.3 Å². The Morgan fingerprint density at radius 3 is 2.19 bits per heavy atom. The lowest BCUT2D eigenvalue weighted by molar-refractivity contribution is 0.719. The first-order valence-corrected chi connectivity index (χ1v) is 7.98. The number of aryl methyl sites for hydroxylation is 4. The Morgan fingerprint density at radius 1 is 0.857 bits per heavy atom. The summed E-state index contributed by atoms with van der Waals surface area (Å²) in [6.45, 7) is 8.74. The highest BCUT2D eigenvalue weighted by Gasteiger charge is 2.10. The van der Waals surface area contributed by atoms with Crippen LogP contribution >= 0.6 is 0 Å². The lowest BCUT2D eigenvalue weighted by Gasteiger charge is -2.16. The van der Waals surface area contributed by atoms with Crippen LogP contribution in [0.4, 0.5) is 0 Å². The molecule has 0 heterocycles. The first kappa shape index (κ1) is 15.8. The maximum absolute atomic E-state index is 6.43. The van der Waals surface area contributed by atoms with E-state index in [1.165, 1.54) is 33.4 Å². The predicted molar refractivity (Wildman–Crippen MR) is 91.7 cm³/mol. The molecule has 2 N–H and O–H groups in total. The summed E-state index contributed by atoms with van der Waals surface area (Å²) < 4.78 is 0. The highest BCUT2D eigenvalue weighted by atomic mass is 14.6. The average molecular weight is 281 g/mol. The van der Waals surface area contributed by atoms with Crippen LogP contribution in [-0.4, -0.2) is 0 Å². The van der Waals surface area contributed by atoms with Gasteiger partial charge in [-0.15, -0.1) is 0 Å². The molecule has 0 fully saturated rings. The highest BCUT2D eigenvalue weighted by Crippen LogP contribution is 2.21. The van der Waals surface area contributed by atoms with Gasteiger partial charge in [0.15, 0.2) is 0 Å². The summed E-state index contributed by atoms with van der Waals surface area (Å²) in [5, 5.41) is 0. The van der Waals surface area contributed by atoms with Crippen molar-refractivity contribution in [2.75, 3.05) is 0 Å². The third-order valence-electron chi connectivity index (χ3n) is 4.45. The van der Waals surface area contributed by atoms with Gasteiger partial charge in [0.05, 0.1) is 0 Å². The summed E-state index contributed by atoms with van der Waals surface area (Å²) in [7, 11) is 0. The van der Waals surface area contributed by atoms with E-state index in [4.69, 9.17) is 5.73 Å². The Labute approximate surface area is 129 Å². The molecule has 0 spiro atoms. The zero-order valence-electron chi connectivity index (χ0n) is 13.7. The fourth-order valence-electron chi connectivity index (χ4n) is 2.85. The first-order valence-electron chi connectivity index (χ1n) is 7.98. The molecular weight excluding hydrogens is 254 g/mol. The van der Waals surface area contributed by atoms with Crippen LogP contribution in [0, 0.1) is 13.8 Å². The van der Waals surface area contributed by atoms with Crippen molar-refractivity contribution in [2.45, 2.75) is 53.0 Å². The molecule has 0 radical (unpaired) electrons. The molecule has 0 saturated heterocycles. The smallest absolute Gasteiger partial charge is 0.0335 e. The van der Waals surface area contributed by atoms with E-state index >= 15 is 0 Å². The van der Waals surface area contributed by atoms with E-state index in [0.29, 0.717) is 0 Å². The second kappa shape index (κ2) is 6.91. The molecule has 0 bridgehead atoms. The number of hydrogen-bond acceptors (Lipinski definition) is 1. The van der Waals surface area contributed by atoms with Gasteiger partial charge in [-0.1, -0.05) is 50.2 Å². The van der Waals surface area contributed by atoms with E-state index in [1.54, 1.807) is 0 Å². The molecule has 21 heavy (non-hydrogen) atoms. The molecule has 0 aromatic heterocycles. The van der Waals surface area contributed by atoms with Crippen molar-refractivity contribution in [3.63, 3.8) is 0 Å². The van der Waals surface area contributed by atoms with Gasteiger partial charge in [-0.3, -0.25) is 0 Å². The molecule has 2 aromatic carbocycles. The molecule has 2 aromatic rings. The normalized spacial score (nSPS) is 12.4. The fraction of sp³-hybridized carbons (Fsp3) is 0.400. The molecule has 112 valence electrons. The van der Waals surface area contributed by atoms with Crippen LogP contribution in [0.2, 0.25) is 0 Å². The van der Waals surface area contributed by atoms with Crippen molar-refractivity contribution < 1.29 is 0 Å². The largest absolute Gasteiger partial charge is 0.324 e. The monoisotopic (exact) mass is 281 g/mol. The standard InChI is InChI=1S/C20H27N/c1-5-17-9-10-19(13-18(17)6-2)20(21)12-16-8-7-14(3)15(4)11-16/h7-11,13,20H,5-6,12,21H2,1-4H3. The van der Waals surface area contributed by atoms with E-state index in [1.807, 2.05) is 0 Å². The summed E-state index contributed by atoms with van der Waals surface area (Å²) in [5.41, 5.74) is 14.6. The minimum atomic E-state index is 0.0725. The zero-order valence-corrected chi connectivity index (χ0v) is 13.7. The zero-order chi connectivity index (χ0) is 15.4. The third-order valence-corrected chi connectivity index (χ3v) is 4.45. The molecule has 0 aliphatic rings. The van der Waals surface area contributed by atoms with Crippen molar-refractivity contribution in [1.29, 1.82) is 0 Å². The molecule has 1 unspecified atom stereocenters. The Balaban J connectivity index is 2.19. The highest BCUT2D eigenvalue weighted by molar-refractivity contribution is 5.35. The topological polar surface area (TPSA) is 26.0 Å². The van der Waals surface area contributed by atoms with Crippen LogP contribution < -0.4 is 5.73 Å². The van der Waals surface area contributed by atoms with E-state index < -0.39 is 0 Å². The van der Waals surface area contributed by atoms with Crippen molar-refractivity contribution in [2.24, 2.45) is 5.73 Å². The molecule has 2 rings (SSSR count). The summed E-state index contributed by atoms with van der Waals surface area (Å²) >= 11 is 0. The number of nitrogens with two attached hydrogens (primary N) is 1. The van der Waals surface area contributed by atoms with Gasteiger partial charge in [0.25, 0.3) is 0 Å². The Morgan fingerprint density at radius 2 is 1.57 bits per heavy atom. The SMILES string of the molecule is CCc1ccc(C(N)Cc2ccc(C)c(C)c2)cc1CC. The molecular formula is C20H27N. The van der Waals surface area contributed by atoms with Crippen molar-refractivity contribution in [3.05, 3.63) is 69.8 Å². The number of hydrogen-bond donors (Lipinski definition) is 1. The predicted octanol–water partition coefficient (Wildman–Crippen LogP) is 4.67. The van der Waals surface area contributed by atoms with E-state index in [2.05, 4.69) is 64.1 Å². The number of benzene rings is 2. The number of rotatable bonds is 5. The maximum atomic E-state index is 6.43. The molecule has 1 nitrogen and oxygen atoms in total. The molecule has 1 heteroatoms. The van der Waals surface area contributed by atoms with Gasteiger partial charge in [-0.05, 0) is 66.5 Å². The minimum Gasteiger partial charge on any atom is -0.324 e. The maximum Gasteiger partial charge on any atom is 0.0335 e. The van der Waals surface area contributed by atoms with Gasteiger partial charge in [0, 0.05) is 6.04 Å². The molecule has 0 saturated carbocycles. The van der Waals surface area contributed by atoms with Crippen LogP contribution in [0.1, 0.15) is 53.3 Å². The Bertz CT molecular complexity index is 613. The Hall–Kier alpha value is -1.60. The van der Waals surface area contributed by atoms with Crippen LogP contribution in [0.3, 0.4) is 0 Å². The van der Waals surface area contributed by atoms with Crippen LogP contribution in [-0.2, 0) is 19.3 Å². The van der Waals surface area contributed by atoms with E-state index in [9.17, 15) is 0 Å². The van der Waals surface area contributed by atoms with Crippen molar-refractivity contribution in [1.82, 2.24) is 0 Å². The lowest BCUT2D eigenvalue weighted by Crippen LogP contribution is -2.14. The van der Waals surface area contributed by atoms with Gasteiger partial charge in [-0.25, -0.2) is 0 Å². The van der Waals surface area contributed by atoms with Crippen molar-refractivity contribution >= 4 is 0 Å². The minimum absolute atomic E-state index is 0.0725. The quantitative estimate of drug-likeness (QED) is 0.846. The summed E-state index contributed by atoms with van der Waals surface area (Å²) in [5.74, 6) is 0. The average Bonchev–Trinajstić information content (AvgIpc) is 2.50. The second-order valence-corrected chi connectivity index (χ2v) is 5.96. The van der Waals surface area contributed by atoms with Gasteiger partial charge in [-0.2, -0.15) is 0 Å². The first-order chi connectivity index (χ1) is 10.0. The molecule has 0 amide bonds. The molecule has 0 aliphatic carbocycles. The van der Waals surface area contributed by atoms with Gasteiger partial charge < -0.3 is 5.73 Å². The summed E-state index contributed by atoms with van der Waals surface area (Å²) in [6.07, 6.45) is 3.07. The molecule has 0 aliphatic heterocycles. The van der Waals surface area contributed by atoms with Gasteiger partial charge >= 0.3 is 0 Å². The van der Waals surface area contributed by atoms with Crippen LogP contribution in [0.15, 0.2) is 36.4 Å². The molecule has 1 atom stereocenters.